The smallest absolute Gasteiger partial charge is 0.319 e. The number of hydrogen-bond acceptors (Lipinski definition) is 4. The molecule has 0 spiro atoms. The summed E-state index contributed by atoms with van der Waals surface area (Å²) in [4.78, 5) is 15.6. The van der Waals surface area contributed by atoms with Crippen LogP contribution in [0.4, 0.5) is 15.6 Å². The van der Waals surface area contributed by atoms with E-state index in [-0.39, 0.29) is 6.03 Å². The maximum Gasteiger partial charge on any atom is 0.319 e. The van der Waals surface area contributed by atoms with E-state index < -0.39 is 0 Å². The number of nitrogens with two attached hydrogens (primary N) is 1. The Labute approximate surface area is 113 Å². The van der Waals surface area contributed by atoms with Crippen molar-refractivity contribution in [3.05, 3.63) is 40.4 Å². The molecule has 0 fully saturated rings. The minimum Gasteiger partial charge on any atom is -0.375 e. The Kier molecular flexibility index (Phi) is 4.01. The van der Waals surface area contributed by atoms with E-state index in [1.165, 1.54) is 11.3 Å². The standard InChI is InChI=1S/C11H11ClN4OS/c12-7-2-1-3-8(4-7)16-11(17)14-5-9-6-18-10(13)15-9/h1-4,6H,5H2,(H2,13,15)(H2,14,16,17). The van der Waals surface area contributed by atoms with Crippen LogP contribution >= 0.6 is 22.9 Å². The van der Waals surface area contributed by atoms with Crippen LogP contribution in [-0.4, -0.2) is 11.0 Å². The van der Waals surface area contributed by atoms with Crippen molar-refractivity contribution >= 4 is 39.8 Å². The highest BCUT2D eigenvalue weighted by molar-refractivity contribution is 7.13. The molecule has 0 aliphatic heterocycles. The summed E-state index contributed by atoms with van der Waals surface area (Å²) in [5.74, 6) is 0. The number of halogens is 1. The zero-order chi connectivity index (χ0) is 13.0. The quantitative estimate of drug-likeness (QED) is 0.810. The lowest BCUT2D eigenvalue weighted by Gasteiger charge is -2.06. The highest BCUT2D eigenvalue weighted by Crippen LogP contribution is 2.14. The van der Waals surface area contributed by atoms with E-state index in [0.717, 1.165) is 5.69 Å². The van der Waals surface area contributed by atoms with Gasteiger partial charge in [-0.3, -0.25) is 0 Å². The fourth-order valence-electron chi connectivity index (χ4n) is 1.32. The van der Waals surface area contributed by atoms with E-state index in [1.807, 2.05) is 0 Å². The second-order valence-electron chi connectivity index (χ2n) is 3.50. The van der Waals surface area contributed by atoms with Crippen LogP contribution in [-0.2, 0) is 6.54 Å². The molecule has 1 aromatic carbocycles. The number of anilines is 2. The van der Waals surface area contributed by atoms with Gasteiger partial charge in [-0.25, -0.2) is 9.78 Å². The fraction of sp³-hybridized carbons (Fsp3) is 0.0909. The average molecular weight is 283 g/mol. The summed E-state index contributed by atoms with van der Waals surface area (Å²) in [6.07, 6.45) is 0. The molecule has 2 rings (SSSR count). The van der Waals surface area contributed by atoms with Crippen molar-refractivity contribution in [3.8, 4) is 0 Å². The third kappa shape index (κ3) is 3.61. The summed E-state index contributed by atoms with van der Waals surface area (Å²) >= 11 is 7.15. The number of thiazole rings is 1. The number of amides is 2. The number of nitrogen functional groups attached to an aromatic ring is 1. The van der Waals surface area contributed by atoms with E-state index in [2.05, 4.69) is 15.6 Å². The molecule has 18 heavy (non-hydrogen) atoms. The lowest BCUT2D eigenvalue weighted by molar-refractivity contribution is 0.251. The Hall–Kier alpha value is -1.79. The first-order chi connectivity index (χ1) is 8.63. The first kappa shape index (κ1) is 12.7. The third-order valence-corrected chi connectivity index (χ3v) is 3.04. The number of urea groups is 1. The van der Waals surface area contributed by atoms with Crippen molar-refractivity contribution in [2.75, 3.05) is 11.1 Å². The predicted molar refractivity (Wildman–Crippen MR) is 73.8 cm³/mol. The van der Waals surface area contributed by atoms with Crippen molar-refractivity contribution in [1.29, 1.82) is 0 Å². The molecule has 0 saturated heterocycles. The van der Waals surface area contributed by atoms with Gasteiger partial charge in [0, 0.05) is 16.1 Å². The van der Waals surface area contributed by atoms with Gasteiger partial charge in [0.05, 0.1) is 12.2 Å². The number of carbonyl (C=O) groups is 1. The lowest BCUT2D eigenvalue weighted by Crippen LogP contribution is -2.28. The van der Waals surface area contributed by atoms with Gasteiger partial charge in [0.15, 0.2) is 5.13 Å². The van der Waals surface area contributed by atoms with Gasteiger partial charge >= 0.3 is 6.03 Å². The van der Waals surface area contributed by atoms with Crippen LogP contribution in [0.1, 0.15) is 5.69 Å². The zero-order valence-corrected chi connectivity index (χ0v) is 10.9. The van der Waals surface area contributed by atoms with E-state index >= 15 is 0 Å². The highest BCUT2D eigenvalue weighted by atomic mass is 35.5. The van der Waals surface area contributed by atoms with Gasteiger partial charge < -0.3 is 16.4 Å². The van der Waals surface area contributed by atoms with Crippen LogP contribution in [0.2, 0.25) is 5.02 Å². The number of hydrogen-bond donors (Lipinski definition) is 3. The molecular weight excluding hydrogens is 272 g/mol. The molecule has 0 unspecified atom stereocenters. The molecule has 0 bridgehead atoms. The summed E-state index contributed by atoms with van der Waals surface area (Å²) in [5.41, 5.74) is 6.86. The van der Waals surface area contributed by atoms with Gasteiger partial charge in [-0.15, -0.1) is 11.3 Å². The summed E-state index contributed by atoms with van der Waals surface area (Å²) in [5, 5.41) is 8.20. The first-order valence-corrected chi connectivity index (χ1v) is 6.39. The van der Waals surface area contributed by atoms with Crippen molar-refractivity contribution in [3.63, 3.8) is 0 Å². The predicted octanol–water partition coefficient (Wildman–Crippen LogP) is 2.70. The number of nitrogens with zero attached hydrogens (tertiary/aromatic N) is 1. The molecule has 94 valence electrons. The fourth-order valence-corrected chi connectivity index (χ4v) is 2.07. The number of nitrogens with one attached hydrogen (secondary N) is 2. The van der Waals surface area contributed by atoms with Gasteiger partial charge in [0.25, 0.3) is 0 Å². The molecule has 0 radical (unpaired) electrons. The second-order valence-corrected chi connectivity index (χ2v) is 4.82. The monoisotopic (exact) mass is 282 g/mol. The van der Waals surface area contributed by atoms with Crippen LogP contribution in [0, 0.1) is 0 Å². The SMILES string of the molecule is Nc1nc(CNC(=O)Nc2cccc(Cl)c2)cs1. The maximum atomic E-state index is 11.6. The van der Waals surface area contributed by atoms with Crippen molar-refractivity contribution < 1.29 is 4.79 Å². The van der Waals surface area contributed by atoms with E-state index in [0.29, 0.717) is 22.4 Å². The summed E-state index contributed by atoms with van der Waals surface area (Å²) in [7, 11) is 0. The van der Waals surface area contributed by atoms with Crippen LogP contribution in [0.15, 0.2) is 29.6 Å². The largest absolute Gasteiger partial charge is 0.375 e. The Bertz CT molecular complexity index is 557. The highest BCUT2D eigenvalue weighted by Gasteiger charge is 2.04. The van der Waals surface area contributed by atoms with Crippen molar-refractivity contribution in [2.45, 2.75) is 6.54 Å². The molecule has 0 atom stereocenters. The number of aromatic nitrogens is 1. The molecule has 5 nitrogen and oxygen atoms in total. The molecule has 7 heteroatoms. The summed E-state index contributed by atoms with van der Waals surface area (Å²) in [6, 6.07) is 6.61. The maximum absolute atomic E-state index is 11.6. The van der Waals surface area contributed by atoms with E-state index in [1.54, 1.807) is 29.6 Å². The normalized spacial score (nSPS) is 10.1. The Morgan fingerprint density at radius 2 is 2.33 bits per heavy atom. The molecule has 1 aromatic heterocycles. The molecule has 2 amide bonds. The molecular formula is C11H11ClN4OS. The minimum absolute atomic E-state index is 0.316. The Balaban J connectivity index is 1.85. The number of carbonyl (C=O) groups excluding carboxylic acids is 1. The third-order valence-electron chi connectivity index (χ3n) is 2.08. The lowest BCUT2D eigenvalue weighted by atomic mass is 10.3. The summed E-state index contributed by atoms with van der Waals surface area (Å²) < 4.78 is 0. The van der Waals surface area contributed by atoms with Crippen LogP contribution < -0.4 is 16.4 Å². The van der Waals surface area contributed by atoms with E-state index in [4.69, 9.17) is 17.3 Å². The molecule has 0 saturated carbocycles. The van der Waals surface area contributed by atoms with Crippen LogP contribution in [0.3, 0.4) is 0 Å². The number of rotatable bonds is 3. The van der Waals surface area contributed by atoms with Gasteiger partial charge in [-0.1, -0.05) is 17.7 Å². The molecule has 1 heterocycles. The summed E-state index contributed by atoms with van der Waals surface area (Å²) in [6.45, 7) is 0.333. The molecule has 2 aromatic rings. The van der Waals surface area contributed by atoms with Gasteiger partial charge in [-0.2, -0.15) is 0 Å². The molecule has 0 aliphatic rings. The van der Waals surface area contributed by atoms with Crippen LogP contribution in [0.25, 0.3) is 0 Å². The van der Waals surface area contributed by atoms with Gasteiger partial charge in [0.2, 0.25) is 0 Å². The second kappa shape index (κ2) is 5.70. The Morgan fingerprint density at radius 1 is 1.50 bits per heavy atom. The van der Waals surface area contributed by atoms with Crippen LogP contribution in [0.5, 0.6) is 0 Å². The molecule has 4 N–H and O–H groups in total. The minimum atomic E-state index is -0.316. The zero-order valence-electron chi connectivity index (χ0n) is 9.31. The Morgan fingerprint density at radius 3 is 3.00 bits per heavy atom. The average Bonchev–Trinajstić information content (AvgIpc) is 2.73. The van der Waals surface area contributed by atoms with E-state index in [9.17, 15) is 4.79 Å². The van der Waals surface area contributed by atoms with Gasteiger partial charge in [-0.05, 0) is 18.2 Å². The topological polar surface area (TPSA) is 80.0 Å². The van der Waals surface area contributed by atoms with Crippen molar-refractivity contribution in [1.82, 2.24) is 10.3 Å². The first-order valence-electron chi connectivity index (χ1n) is 5.14. The van der Waals surface area contributed by atoms with Gasteiger partial charge in [0.1, 0.15) is 0 Å². The number of benzene rings is 1. The van der Waals surface area contributed by atoms with Crippen molar-refractivity contribution in [2.24, 2.45) is 0 Å². The molecule has 0 aliphatic carbocycles.